The van der Waals surface area contributed by atoms with Gasteiger partial charge in [0.2, 0.25) is 0 Å². The van der Waals surface area contributed by atoms with Crippen LogP contribution in [-0.4, -0.2) is 19.7 Å². The fourth-order valence-electron chi connectivity index (χ4n) is 1.68. The maximum atomic E-state index is 12.4. The summed E-state index contributed by atoms with van der Waals surface area (Å²) in [4.78, 5) is 0. The number of hydrogen-bond donors (Lipinski definition) is 1. The zero-order valence-electron chi connectivity index (χ0n) is 8.30. The first kappa shape index (κ1) is 10.9. The highest BCUT2D eigenvalue weighted by Gasteiger charge is 2.18. The third kappa shape index (κ3) is 2.48. The molecule has 0 bridgehead atoms. The number of hydrogen-bond acceptors (Lipinski definition) is 2. The third-order valence-electron chi connectivity index (χ3n) is 2.49. The van der Waals surface area contributed by atoms with E-state index in [1.807, 2.05) is 6.07 Å². The Morgan fingerprint density at radius 2 is 2.40 bits per heavy atom. The summed E-state index contributed by atoms with van der Waals surface area (Å²) in [7, 11) is 0. The number of nitrogens with one attached hydrogen (secondary N) is 1. The van der Waals surface area contributed by atoms with Gasteiger partial charge in [-0.1, -0.05) is 23.7 Å². The number of morpholine rings is 1. The van der Waals surface area contributed by atoms with Gasteiger partial charge in [0.1, 0.15) is 6.67 Å². The molecule has 4 heteroatoms. The molecule has 0 radical (unpaired) electrons. The molecule has 1 fully saturated rings. The van der Waals surface area contributed by atoms with Gasteiger partial charge >= 0.3 is 0 Å². The average Bonchev–Trinajstić information content (AvgIpc) is 2.30. The molecule has 1 aromatic rings. The molecule has 0 amide bonds. The van der Waals surface area contributed by atoms with E-state index in [1.54, 1.807) is 12.1 Å². The van der Waals surface area contributed by atoms with E-state index >= 15 is 0 Å². The van der Waals surface area contributed by atoms with Gasteiger partial charge in [-0.05, 0) is 11.6 Å². The molecule has 0 spiro atoms. The number of alkyl halides is 1. The molecule has 82 valence electrons. The first-order valence-corrected chi connectivity index (χ1v) is 5.35. The van der Waals surface area contributed by atoms with Gasteiger partial charge < -0.3 is 10.1 Å². The normalized spacial score (nSPS) is 21.6. The summed E-state index contributed by atoms with van der Waals surface area (Å²) < 4.78 is 18.0. The molecule has 1 N–H and O–H groups in total. The number of benzene rings is 1. The molecule has 1 aliphatic heterocycles. The average molecular weight is 230 g/mol. The second-order valence-electron chi connectivity index (χ2n) is 3.55. The molecule has 2 rings (SSSR count). The largest absolute Gasteiger partial charge is 0.371 e. The van der Waals surface area contributed by atoms with Crippen LogP contribution in [0.3, 0.4) is 0 Å². The Balaban J connectivity index is 2.19. The number of ether oxygens (including phenoxy) is 1. The van der Waals surface area contributed by atoms with E-state index in [0.717, 1.165) is 18.7 Å². The lowest BCUT2D eigenvalue weighted by Crippen LogP contribution is -2.33. The summed E-state index contributed by atoms with van der Waals surface area (Å²) in [6, 6.07) is 5.25. The first-order valence-electron chi connectivity index (χ1n) is 4.98. The highest BCUT2D eigenvalue weighted by Crippen LogP contribution is 2.27. The van der Waals surface area contributed by atoms with Crippen LogP contribution in [0.5, 0.6) is 0 Å². The van der Waals surface area contributed by atoms with Crippen molar-refractivity contribution in [2.75, 3.05) is 19.7 Å². The summed E-state index contributed by atoms with van der Waals surface area (Å²) in [6.45, 7) is 1.83. The Kier molecular flexibility index (Phi) is 3.57. The number of rotatable bonds is 2. The molecule has 1 unspecified atom stereocenters. The van der Waals surface area contributed by atoms with Crippen molar-refractivity contribution in [3.8, 4) is 0 Å². The molecule has 1 atom stereocenters. The Morgan fingerprint density at radius 1 is 1.53 bits per heavy atom. The van der Waals surface area contributed by atoms with Crippen molar-refractivity contribution in [3.05, 3.63) is 34.3 Å². The minimum absolute atomic E-state index is 0.0140. The van der Waals surface area contributed by atoms with Gasteiger partial charge in [0.25, 0.3) is 0 Å². The zero-order chi connectivity index (χ0) is 10.7. The van der Waals surface area contributed by atoms with Gasteiger partial charge in [-0.15, -0.1) is 0 Å². The van der Waals surface area contributed by atoms with E-state index in [0.29, 0.717) is 17.2 Å². The predicted octanol–water partition coefficient (Wildman–Crippen LogP) is 2.47. The SMILES string of the molecule is FCc1ccc(C2CNCCO2)c(Cl)c1. The quantitative estimate of drug-likeness (QED) is 0.841. The summed E-state index contributed by atoms with van der Waals surface area (Å²) in [5, 5.41) is 3.81. The van der Waals surface area contributed by atoms with Crippen molar-refractivity contribution in [2.45, 2.75) is 12.8 Å². The minimum atomic E-state index is -0.482. The molecule has 2 nitrogen and oxygen atoms in total. The van der Waals surface area contributed by atoms with Crippen molar-refractivity contribution in [2.24, 2.45) is 0 Å². The van der Waals surface area contributed by atoms with Gasteiger partial charge in [-0.2, -0.15) is 0 Å². The summed E-state index contributed by atoms with van der Waals surface area (Å²) in [5.41, 5.74) is 1.54. The maximum Gasteiger partial charge on any atom is 0.115 e. The van der Waals surface area contributed by atoms with Gasteiger partial charge in [0.15, 0.2) is 0 Å². The van der Waals surface area contributed by atoms with Crippen LogP contribution in [-0.2, 0) is 11.4 Å². The molecule has 0 aromatic heterocycles. The minimum Gasteiger partial charge on any atom is -0.371 e. The summed E-state index contributed by atoms with van der Waals surface area (Å²) >= 11 is 6.07. The Labute approximate surface area is 93.4 Å². The summed E-state index contributed by atoms with van der Waals surface area (Å²) in [6.07, 6.45) is -0.0140. The highest BCUT2D eigenvalue weighted by molar-refractivity contribution is 6.31. The maximum absolute atomic E-state index is 12.4. The smallest absolute Gasteiger partial charge is 0.115 e. The van der Waals surface area contributed by atoms with Crippen LogP contribution < -0.4 is 5.32 Å². The van der Waals surface area contributed by atoms with Gasteiger partial charge in [-0.25, -0.2) is 4.39 Å². The third-order valence-corrected chi connectivity index (χ3v) is 2.82. The summed E-state index contributed by atoms with van der Waals surface area (Å²) in [5.74, 6) is 0. The Bertz CT molecular complexity index is 339. The lowest BCUT2D eigenvalue weighted by atomic mass is 10.1. The van der Waals surface area contributed by atoms with E-state index < -0.39 is 6.67 Å². The molecule has 0 aliphatic carbocycles. The second-order valence-corrected chi connectivity index (χ2v) is 3.96. The van der Waals surface area contributed by atoms with E-state index in [-0.39, 0.29) is 6.10 Å². The van der Waals surface area contributed by atoms with Crippen molar-refractivity contribution < 1.29 is 9.13 Å². The van der Waals surface area contributed by atoms with Crippen molar-refractivity contribution in [1.29, 1.82) is 0 Å². The van der Waals surface area contributed by atoms with E-state index in [9.17, 15) is 4.39 Å². The molecule has 1 aromatic carbocycles. The molecule has 1 saturated heterocycles. The van der Waals surface area contributed by atoms with Crippen molar-refractivity contribution >= 4 is 11.6 Å². The van der Waals surface area contributed by atoms with Gasteiger partial charge in [0, 0.05) is 23.7 Å². The number of halogens is 2. The second kappa shape index (κ2) is 4.92. The van der Waals surface area contributed by atoms with Gasteiger partial charge in [-0.3, -0.25) is 0 Å². The van der Waals surface area contributed by atoms with E-state index in [4.69, 9.17) is 16.3 Å². The monoisotopic (exact) mass is 229 g/mol. The molecule has 1 aliphatic rings. The van der Waals surface area contributed by atoms with Crippen LogP contribution in [0.1, 0.15) is 17.2 Å². The van der Waals surface area contributed by atoms with Crippen LogP contribution >= 0.6 is 11.6 Å². The molecule has 15 heavy (non-hydrogen) atoms. The van der Waals surface area contributed by atoms with Gasteiger partial charge in [0.05, 0.1) is 12.7 Å². The highest BCUT2D eigenvalue weighted by atomic mass is 35.5. The predicted molar refractivity (Wildman–Crippen MR) is 57.8 cm³/mol. The fraction of sp³-hybridized carbons (Fsp3) is 0.455. The van der Waals surface area contributed by atoms with Crippen molar-refractivity contribution in [1.82, 2.24) is 5.32 Å². The van der Waals surface area contributed by atoms with Crippen LogP contribution in [0, 0.1) is 0 Å². The molecule has 1 heterocycles. The van der Waals surface area contributed by atoms with Crippen LogP contribution in [0.4, 0.5) is 4.39 Å². The van der Waals surface area contributed by atoms with Crippen LogP contribution in [0.15, 0.2) is 18.2 Å². The zero-order valence-corrected chi connectivity index (χ0v) is 9.06. The molecular formula is C11H13ClFNO. The van der Waals surface area contributed by atoms with E-state index in [1.165, 1.54) is 0 Å². The van der Waals surface area contributed by atoms with E-state index in [2.05, 4.69) is 5.32 Å². The lowest BCUT2D eigenvalue weighted by Gasteiger charge is -2.24. The lowest BCUT2D eigenvalue weighted by molar-refractivity contribution is 0.0277. The first-order chi connectivity index (χ1) is 7.31. The molecule has 0 saturated carbocycles. The van der Waals surface area contributed by atoms with Crippen molar-refractivity contribution in [3.63, 3.8) is 0 Å². The molecular weight excluding hydrogens is 217 g/mol. The Morgan fingerprint density at radius 3 is 3.00 bits per heavy atom. The standard InChI is InChI=1S/C11H13ClFNO/c12-10-5-8(6-13)1-2-9(10)11-7-14-3-4-15-11/h1-2,5,11,14H,3-4,6-7H2. The topological polar surface area (TPSA) is 21.3 Å². The van der Waals surface area contributed by atoms with Crippen LogP contribution in [0.25, 0.3) is 0 Å². The Hall–Kier alpha value is -0.640. The fourth-order valence-corrected chi connectivity index (χ4v) is 2.00. The van der Waals surface area contributed by atoms with Crippen LogP contribution in [0.2, 0.25) is 5.02 Å².